The molecule has 6 heteroatoms. The SMILES string of the molecule is CO[PH](=O)OC.CP1(=O)CCCC1. The van der Waals surface area contributed by atoms with Crippen molar-refractivity contribution in [3.8, 4) is 0 Å². The van der Waals surface area contributed by atoms with Crippen molar-refractivity contribution in [2.75, 3.05) is 33.2 Å². The highest BCUT2D eigenvalue weighted by molar-refractivity contribution is 7.63. The van der Waals surface area contributed by atoms with Crippen LogP contribution < -0.4 is 0 Å². The van der Waals surface area contributed by atoms with Crippen molar-refractivity contribution in [2.45, 2.75) is 12.8 Å². The number of rotatable bonds is 2. The molecule has 1 aliphatic rings. The Labute approximate surface area is 80.3 Å². The molecular formula is C7H18O4P2. The molecule has 0 aromatic heterocycles. The lowest BCUT2D eigenvalue weighted by molar-refractivity contribution is 0.302. The van der Waals surface area contributed by atoms with Crippen LogP contribution in [0.2, 0.25) is 0 Å². The highest BCUT2D eigenvalue weighted by Gasteiger charge is 2.19. The largest absolute Gasteiger partial charge is 0.324 e. The zero-order valence-electron chi connectivity index (χ0n) is 8.41. The number of hydrogen-bond donors (Lipinski definition) is 0. The third-order valence-corrected chi connectivity index (χ3v) is 5.04. The minimum atomic E-state index is -2.12. The summed E-state index contributed by atoms with van der Waals surface area (Å²) in [5.41, 5.74) is 0. The summed E-state index contributed by atoms with van der Waals surface area (Å²) >= 11 is 0. The van der Waals surface area contributed by atoms with Gasteiger partial charge in [-0.15, -0.1) is 0 Å². The van der Waals surface area contributed by atoms with E-state index in [9.17, 15) is 9.13 Å². The first-order valence-electron chi connectivity index (χ1n) is 4.19. The second-order valence-electron chi connectivity index (χ2n) is 3.11. The smallest absolute Gasteiger partial charge is 0.318 e. The lowest BCUT2D eigenvalue weighted by Gasteiger charge is -1.96. The molecule has 0 unspecified atom stereocenters. The molecule has 1 saturated heterocycles. The van der Waals surface area contributed by atoms with Crippen LogP contribution in [0.3, 0.4) is 0 Å². The van der Waals surface area contributed by atoms with Crippen LogP contribution in [0.15, 0.2) is 0 Å². The van der Waals surface area contributed by atoms with E-state index in [0.29, 0.717) is 0 Å². The molecule has 0 radical (unpaired) electrons. The molecule has 0 aliphatic carbocycles. The van der Waals surface area contributed by atoms with Gasteiger partial charge in [0.25, 0.3) is 0 Å². The van der Waals surface area contributed by atoms with E-state index in [0.717, 1.165) is 12.3 Å². The third-order valence-electron chi connectivity index (χ3n) is 1.85. The van der Waals surface area contributed by atoms with Crippen molar-refractivity contribution in [2.24, 2.45) is 0 Å². The molecule has 0 bridgehead atoms. The summed E-state index contributed by atoms with van der Waals surface area (Å²) in [5, 5.41) is 0. The van der Waals surface area contributed by atoms with Crippen LogP contribution in [-0.2, 0) is 18.2 Å². The first kappa shape index (κ1) is 13.4. The molecule has 0 aromatic rings. The molecule has 13 heavy (non-hydrogen) atoms. The normalized spacial score (nSPS) is 19.7. The maximum atomic E-state index is 11.0. The highest BCUT2D eigenvalue weighted by atomic mass is 31.2. The summed E-state index contributed by atoms with van der Waals surface area (Å²) in [6.07, 6.45) is 4.42. The summed E-state index contributed by atoms with van der Waals surface area (Å²) < 4.78 is 29.4. The van der Waals surface area contributed by atoms with Gasteiger partial charge in [-0.3, -0.25) is 4.57 Å². The van der Waals surface area contributed by atoms with Gasteiger partial charge in [-0.25, -0.2) is 0 Å². The summed E-state index contributed by atoms with van der Waals surface area (Å²) in [6, 6.07) is 0. The Morgan fingerprint density at radius 1 is 1.15 bits per heavy atom. The Hall–Kier alpha value is 0.380. The molecule has 0 atom stereocenters. The average Bonchev–Trinajstić information content (AvgIpc) is 2.49. The van der Waals surface area contributed by atoms with Gasteiger partial charge < -0.3 is 13.6 Å². The van der Waals surface area contributed by atoms with Crippen molar-refractivity contribution < 1.29 is 18.2 Å². The van der Waals surface area contributed by atoms with E-state index in [4.69, 9.17) is 0 Å². The molecule has 0 N–H and O–H groups in total. The van der Waals surface area contributed by atoms with E-state index < -0.39 is 15.4 Å². The van der Waals surface area contributed by atoms with Gasteiger partial charge in [0.05, 0.1) is 7.14 Å². The van der Waals surface area contributed by atoms with E-state index >= 15 is 0 Å². The van der Waals surface area contributed by atoms with E-state index in [1.807, 2.05) is 6.66 Å². The van der Waals surface area contributed by atoms with Crippen molar-refractivity contribution in [1.82, 2.24) is 0 Å². The molecule has 80 valence electrons. The van der Waals surface area contributed by atoms with Gasteiger partial charge in [0.15, 0.2) is 0 Å². The lowest BCUT2D eigenvalue weighted by atomic mass is 10.4. The predicted octanol–water partition coefficient (Wildman–Crippen LogP) is 2.44. The van der Waals surface area contributed by atoms with E-state index in [-0.39, 0.29) is 0 Å². The second-order valence-corrected chi connectivity index (χ2v) is 7.91. The Balaban J connectivity index is 0.000000226. The summed E-state index contributed by atoms with van der Waals surface area (Å²) in [5.74, 6) is 0. The van der Waals surface area contributed by atoms with Crippen LogP contribution in [-0.4, -0.2) is 33.2 Å². The molecule has 1 heterocycles. The van der Waals surface area contributed by atoms with E-state index in [2.05, 4.69) is 9.05 Å². The summed E-state index contributed by atoms with van der Waals surface area (Å²) in [7, 11) is -0.985. The predicted molar refractivity (Wildman–Crippen MR) is 55.5 cm³/mol. The van der Waals surface area contributed by atoms with Crippen LogP contribution in [0.1, 0.15) is 12.8 Å². The van der Waals surface area contributed by atoms with Crippen molar-refractivity contribution in [3.05, 3.63) is 0 Å². The van der Waals surface area contributed by atoms with Crippen molar-refractivity contribution in [3.63, 3.8) is 0 Å². The fraction of sp³-hybridized carbons (Fsp3) is 1.00. The molecule has 1 fully saturated rings. The van der Waals surface area contributed by atoms with Crippen LogP contribution in [0.4, 0.5) is 0 Å². The monoisotopic (exact) mass is 228 g/mol. The van der Waals surface area contributed by atoms with E-state index in [1.54, 1.807) is 0 Å². The average molecular weight is 228 g/mol. The fourth-order valence-corrected chi connectivity index (χ4v) is 3.26. The Bertz CT molecular complexity index is 189. The number of hydrogen-bond acceptors (Lipinski definition) is 4. The van der Waals surface area contributed by atoms with Gasteiger partial charge in [0.1, 0.15) is 0 Å². The van der Waals surface area contributed by atoms with Gasteiger partial charge in [0, 0.05) is 26.5 Å². The van der Waals surface area contributed by atoms with Crippen molar-refractivity contribution in [1.29, 1.82) is 0 Å². The molecule has 0 aromatic carbocycles. The van der Waals surface area contributed by atoms with Crippen LogP contribution in [0.5, 0.6) is 0 Å². The molecule has 0 spiro atoms. The lowest BCUT2D eigenvalue weighted by Crippen LogP contribution is -1.75. The first-order chi connectivity index (χ1) is 6.02. The first-order valence-corrected chi connectivity index (χ1v) is 7.94. The zero-order chi connectivity index (χ0) is 10.3. The second kappa shape index (κ2) is 6.78. The molecule has 0 amide bonds. The zero-order valence-corrected chi connectivity index (χ0v) is 10.3. The molecule has 1 aliphatic heterocycles. The maximum absolute atomic E-state index is 11.0. The van der Waals surface area contributed by atoms with Gasteiger partial charge >= 0.3 is 8.25 Å². The minimum absolute atomic E-state index is 1.01. The standard InChI is InChI=1S/C5H11OP.C2H7O3P/c1-7(6)4-2-3-5-7;1-4-6(3)5-2/h2-5H2,1H3;6H,1-2H3. The molecule has 4 nitrogen and oxygen atoms in total. The van der Waals surface area contributed by atoms with Crippen molar-refractivity contribution >= 4 is 15.4 Å². The third kappa shape index (κ3) is 7.45. The highest BCUT2D eigenvalue weighted by Crippen LogP contribution is 2.47. The Morgan fingerprint density at radius 2 is 1.54 bits per heavy atom. The van der Waals surface area contributed by atoms with Crippen LogP contribution in [0.25, 0.3) is 0 Å². The topological polar surface area (TPSA) is 52.6 Å². The Morgan fingerprint density at radius 3 is 1.62 bits per heavy atom. The fourth-order valence-electron chi connectivity index (χ4n) is 1.09. The molecular weight excluding hydrogens is 210 g/mol. The van der Waals surface area contributed by atoms with Crippen LogP contribution >= 0.6 is 15.4 Å². The Kier molecular flexibility index (Phi) is 6.98. The maximum Gasteiger partial charge on any atom is 0.318 e. The minimum Gasteiger partial charge on any atom is -0.324 e. The van der Waals surface area contributed by atoms with Gasteiger partial charge in [-0.05, 0) is 19.5 Å². The van der Waals surface area contributed by atoms with Gasteiger partial charge in [-0.1, -0.05) is 0 Å². The van der Waals surface area contributed by atoms with Gasteiger partial charge in [-0.2, -0.15) is 0 Å². The molecule has 1 rings (SSSR count). The summed E-state index contributed by atoms with van der Waals surface area (Å²) in [6.45, 7) is 1.92. The van der Waals surface area contributed by atoms with E-state index in [1.165, 1.54) is 27.1 Å². The van der Waals surface area contributed by atoms with Crippen LogP contribution in [0, 0.1) is 0 Å². The molecule has 0 saturated carbocycles. The van der Waals surface area contributed by atoms with Gasteiger partial charge in [0.2, 0.25) is 0 Å². The summed E-state index contributed by atoms with van der Waals surface area (Å²) in [4.78, 5) is 0. The quantitative estimate of drug-likeness (QED) is 0.681.